The highest BCUT2D eigenvalue weighted by Crippen LogP contribution is 2.29. The monoisotopic (exact) mass is 474 g/mol. The van der Waals surface area contributed by atoms with Crippen LogP contribution in [-0.4, -0.2) is 44.4 Å². The summed E-state index contributed by atoms with van der Waals surface area (Å²) in [5.41, 5.74) is 2.92. The van der Waals surface area contributed by atoms with Gasteiger partial charge in [0.15, 0.2) is 5.82 Å². The summed E-state index contributed by atoms with van der Waals surface area (Å²) in [4.78, 5) is 24.4. The van der Waals surface area contributed by atoms with Gasteiger partial charge in [-0.1, -0.05) is 12.1 Å². The van der Waals surface area contributed by atoms with Gasteiger partial charge in [0.25, 0.3) is 5.56 Å². The van der Waals surface area contributed by atoms with Gasteiger partial charge in [0, 0.05) is 30.5 Å². The van der Waals surface area contributed by atoms with Gasteiger partial charge in [0.05, 0.1) is 16.6 Å². The fourth-order valence-electron chi connectivity index (χ4n) is 4.80. The molecule has 0 bridgehead atoms. The molecule has 182 valence electrons. The Balaban J connectivity index is 1.55. The van der Waals surface area contributed by atoms with Gasteiger partial charge in [-0.3, -0.25) is 4.79 Å². The Morgan fingerprint density at radius 2 is 1.91 bits per heavy atom. The van der Waals surface area contributed by atoms with E-state index in [4.69, 9.17) is 0 Å². The molecule has 0 aliphatic heterocycles. The molecule has 4 aromatic rings. The molecule has 1 aliphatic carbocycles. The van der Waals surface area contributed by atoms with E-state index in [9.17, 15) is 9.18 Å². The Morgan fingerprint density at radius 3 is 2.63 bits per heavy atom. The highest BCUT2D eigenvalue weighted by molar-refractivity contribution is 5.82. The number of hydrogen-bond acceptors (Lipinski definition) is 5. The zero-order valence-electron chi connectivity index (χ0n) is 20.8. The van der Waals surface area contributed by atoms with Crippen molar-refractivity contribution in [3.05, 3.63) is 75.8 Å². The van der Waals surface area contributed by atoms with E-state index in [1.54, 1.807) is 33.8 Å². The number of aromatic nitrogens is 4. The minimum Gasteiger partial charge on any atom is -0.340 e. The molecule has 3 aromatic heterocycles. The van der Waals surface area contributed by atoms with Crippen molar-refractivity contribution in [2.24, 2.45) is 0 Å². The topological polar surface area (TPSA) is 68.0 Å². The highest BCUT2D eigenvalue weighted by atomic mass is 19.1. The lowest BCUT2D eigenvalue weighted by Crippen LogP contribution is -2.27. The maximum absolute atomic E-state index is 14.6. The van der Waals surface area contributed by atoms with E-state index in [1.165, 1.54) is 25.0 Å². The van der Waals surface area contributed by atoms with E-state index in [0.717, 1.165) is 18.5 Å². The standard InChI is InChI=1S/C27H31FN6O/c1-6-33-26(35)21-16-29-24(30-19-11-10-17-13-20(32(4)5)14-18(17)12-19)15-22(21)34(33)25-9-7-8-23(31-25)27(2,3)28/h7-12,15-16,20H,6,13-14H2,1-5H3,(H,29,30). The van der Waals surface area contributed by atoms with Crippen LogP contribution in [0.2, 0.25) is 0 Å². The molecule has 1 aliphatic rings. The molecule has 35 heavy (non-hydrogen) atoms. The highest BCUT2D eigenvalue weighted by Gasteiger charge is 2.24. The third-order valence-electron chi connectivity index (χ3n) is 6.80. The van der Waals surface area contributed by atoms with Crippen LogP contribution in [0.4, 0.5) is 15.9 Å². The lowest BCUT2D eigenvalue weighted by atomic mass is 10.1. The van der Waals surface area contributed by atoms with Gasteiger partial charge in [-0.25, -0.2) is 23.7 Å². The number of nitrogens with one attached hydrogen (secondary N) is 1. The van der Waals surface area contributed by atoms with Crippen molar-refractivity contribution >= 4 is 22.4 Å². The van der Waals surface area contributed by atoms with Crippen molar-refractivity contribution in [1.82, 2.24) is 24.2 Å². The van der Waals surface area contributed by atoms with E-state index in [2.05, 4.69) is 52.5 Å². The number of pyridine rings is 2. The van der Waals surface area contributed by atoms with Crippen LogP contribution in [0.3, 0.4) is 0 Å². The van der Waals surface area contributed by atoms with Crippen molar-refractivity contribution in [3.63, 3.8) is 0 Å². The smallest absolute Gasteiger partial charge is 0.276 e. The number of hydrogen-bond donors (Lipinski definition) is 1. The molecule has 3 heterocycles. The zero-order valence-corrected chi connectivity index (χ0v) is 20.8. The van der Waals surface area contributed by atoms with Gasteiger partial charge >= 0.3 is 0 Å². The third kappa shape index (κ3) is 4.23. The molecule has 1 unspecified atom stereocenters. The molecule has 1 N–H and O–H groups in total. The summed E-state index contributed by atoms with van der Waals surface area (Å²) in [6.45, 7) is 5.29. The summed E-state index contributed by atoms with van der Waals surface area (Å²) < 4.78 is 18.0. The molecular weight excluding hydrogens is 443 g/mol. The lowest BCUT2D eigenvalue weighted by Gasteiger charge is -2.17. The van der Waals surface area contributed by atoms with E-state index < -0.39 is 5.67 Å². The quantitative estimate of drug-likeness (QED) is 0.443. The molecule has 1 atom stereocenters. The largest absolute Gasteiger partial charge is 0.340 e. The predicted octanol–water partition coefficient (Wildman–Crippen LogP) is 4.58. The fraction of sp³-hybridized carbons (Fsp3) is 0.370. The Morgan fingerprint density at radius 1 is 1.14 bits per heavy atom. The maximum atomic E-state index is 14.6. The lowest BCUT2D eigenvalue weighted by molar-refractivity contribution is 0.214. The Labute approximate surface area is 204 Å². The van der Waals surface area contributed by atoms with Gasteiger partial charge in [-0.15, -0.1) is 0 Å². The Kier molecular flexibility index (Phi) is 5.71. The summed E-state index contributed by atoms with van der Waals surface area (Å²) in [5, 5.41) is 3.89. The number of halogens is 1. The first-order chi connectivity index (χ1) is 16.7. The van der Waals surface area contributed by atoms with E-state index in [0.29, 0.717) is 40.8 Å². The number of anilines is 2. The number of fused-ring (bicyclic) bond motifs is 2. The Hall–Kier alpha value is -3.52. The van der Waals surface area contributed by atoms with Crippen LogP contribution in [0.5, 0.6) is 0 Å². The van der Waals surface area contributed by atoms with Crippen molar-refractivity contribution in [2.45, 2.75) is 51.9 Å². The first-order valence-corrected chi connectivity index (χ1v) is 12.0. The second kappa shape index (κ2) is 8.61. The number of alkyl halides is 1. The van der Waals surface area contributed by atoms with Gasteiger partial charge in [0.1, 0.15) is 11.5 Å². The molecule has 0 spiro atoms. The summed E-state index contributed by atoms with van der Waals surface area (Å²) in [6, 6.07) is 14.0. The molecule has 7 nitrogen and oxygen atoms in total. The predicted molar refractivity (Wildman–Crippen MR) is 138 cm³/mol. The van der Waals surface area contributed by atoms with Gasteiger partial charge < -0.3 is 10.2 Å². The second-order valence-electron chi connectivity index (χ2n) is 9.91. The van der Waals surface area contributed by atoms with Crippen LogP contribution in [0.25, 0.3) is 16.7 Å². The molecule has 0 amide bonds. The minimum atomic E-state index is -1.59. The maximum Gasteiger partial charge on any atom is 0.276 e. The van der Waals surface area contributed by atoms with Gasteiger partial charge in [-0.2, -0.15) is 0 Å². The van der Waals surface area contributed by atoms with E-state index in [1.807, 2.05) is 13.0 Å². The van der Waals surface area contributed by atoms with E-state index >= 15 is 0 Å². The molecule has 0 saturated heterocycles. The zero-order chi connectivity index (χ0) is 24.9. The second-order valence-corrected chi connectivity index (χ2v) is 9.91. The summed E-state index contributed by atoms with van der Waals surface area (Å²) in [7, 11) is 4.24. The van der Waals surface area contributed by atoms with Crippen LogP contribution < -0.4 is 10.9 Å². The van der Waals surface area contributed by atoms with Crippen LogP contribution >= 0.6 is 0 Å². The normalized spacial score (nSPS) is 15.7. The molecule has 0 radical (unpaired) electrons. The molecule has 0 saturated carbocycles. The molecule has 8 heteroatoms. The van der Waals surface area contributed by atoms with Crippen molar-refractivity contribution in [3.8, 4) is 5.82 Å². The van der Waals surface area contributed by atoms with Crippen LogP contribution in [0.1, 0.15) is 37.6 Å². The summed E-state index contributed by atoms with van der Waals surface area (Å²) >= 11 is 0. The SMILES string of the molecule is CCn1c(=O)c2cnc(Nc3ccc4c(c3)CC(N(C)C)C4)cc2n1-c1cccc(C(C)(C)F)n1. The van der Waals surface area contributed by atoms with Gasteiger partial charge in [-0.05, 0) is 83.1 Å². The van der Waals surface area contributed by atoms with Crippen LogP contribution in [-0.2, 0) is 25.1 Å². The first-order valence-electron chi connectivity index (χ1n) is 12.0. The Bertz CT molecular complexity index is 1460. The van der Waals surface area contributed by atoms with Gasteiger partial charge in [0.2, 0.25) is 0 Å². The molecule has 0 fully saturated rings. The molecule has 5 rings (SSSR count). The average molecular weight is 475 g/mol. The summed E-state index contributed by atoms with van der Waals surface area (Å²) in [5.74, 6) is 1.12. The molecule has 1 aromatic carbocycles. The van der Waals surface area contributed by atoms with Crippen LogP contribution in [0, 0.1) is 0 Å². The van der Waals surface area contributed by atoms with Crippen LogP contribution in [0.15, 0.2) is 53.5 Å². The van der Waals surface area contributed by atoms with E-state index in [-0.39, 0.29) is 5.56 Å². The average Bonchev–Trinajstić information content (AvgIpc) is 3.37. The number of benzene rings is 1. The van der Waals surface area contributed by atoms with Crippen molar-refractivity contribution < 1.29 is 4.39 Å². The van der Waals surface area contributed by atoms with Crippen molar-refractivity contribution in [1.29, 1.82) is 0 Å². The molecular formula is C27H31FN6O. The first kappa shape index (κ1) is 23.2. The number of likely N-dealkylation sites (N-methyl/N-ethyl adjacent to an activating group) is 1. The number of nitrogens with zero attached hydrogens (tertiary/aromatic N) is 5. The van der Waals surface area contributed by atoms with Crippen molar-refractivity contribution in [2.75, 3.05) is 19.4 Å². The summed E-state index contributed by atoms with van der Waals surface area (Å²) in [6.07, 6.45) is 3.68. The third-order valence-corrected chi connectivity index (χ3v) is 6.80. The minimum absolute atomic E-state index is 0.152. The number of rotatable bonds is 6. The fourth-order valence-corrected chi connectivity index (χ4v) is 4.80.